The molecular weight excluding hydrogens is 312 g/mol. The van der Waals surface area contributed by atoms with Crippen LogP contribution in [0.25, 0.3) is 0 Å². The monoisotopic (exact) mass is 336 g/mol. The molecule has 0 spiro atoms. The van der Waals surface area contributed by atoms with Crippen molar-refractivity contribution < 1.29 is 18.3 Å². The predicted octanol–water partition coefficient (Wildman–Crippen LogP) is 1.29. The summed E-state index contributed by atoms with van der Waals surface area (Å²) in [5.41, 5.74) is 0. The van der Waals surface area contributed by atoms with Crippen LogP contribution in [0.3, 0.4) is 0 Å². The second-order valence-electron chi connectivity index (χ2n) is 5.67. The van der Waals surface area contributed by atoms with E-state index in [0.29, 0.717) is 31.2 Å². The number of carboxylic acid groups (broad SMARTS) is 1. The first-order valence-electron chi connectivity index (χ1n) is 7.56. The number of piperidine rings is 1. The minimum Gasteiger partial charge on any atom is -0.481 e. The molecule has 2 aliphatic rings. The van der Waals surface area contributed by atoms with Gasteiger partial charge in [0, 0.05) is 24.4 Å². The van der Waals surface area contributed by atoms with Crippen molar-refractivity contribution in [2.45, 2.75) is 50.3 Å². The van der Waals surface area contributed by atoms with Crippen molar-refractivity contribution in [3.05, 3.63) is 0 Å². The van der Waals surface area contributed by atoms with Crippen LogP contribution in [0.15, 0.2) is 0 Å². The Morgan fingerprint density at radius 3 is 2.52 bits per heavy atom. The summed E-state index contributed by atoms with van der Waals surface area (Å²) in [5, 5.41) is 9.33. The third-order valence-electron chi connectivity index (χ3n) is 4.28. The summed E-state index contributed by atoms with van der Waals surface area (Å²) in [5.74, 6) is -0.242. The fraction of sp³-hybridized carbons (Fsp3) is 0.923. The normalized spacial score (nSPS) is 28.8. The minimum atomic E-state index is -3.49. The average Bonchev–Trinajstić information content (AvgIpc) is 2.86. The Balaban J connectivity index is 1.92. The molecule has 6 nitrogen and oxygen atoms in total. The molecule has 0 aromatic heterocycles. The van der Waals surface area contributed by atoms with Gasteiger partial charge in [0.05, 0.1) is 5.92 Å². The SMILES string of the molecule is CCSC1CCCC1NS(=O)(=O)N1CCC(C(=O)O)CC1. The van der Waals surface area contributed by atoms with E-state index in [2.05, 4.69) is 11.6 Å². The van der Waals surface area contributed by atoms with Gasteiger partial charge < -0.3 is 5.11 Å². The highest BCUT2D eigenvalue weighted by Gasteiger charge is 2.35. The van der Waals surface area contributed by atoms with E-state index in [1.54, 1.807) is 0 Å². The van der Waals surface area contributed by atoms with Crippen LogP contribution >= 0.6 is 11.8 Å². The molecule has 8 heteroatoms. The second-order valence-corrected chi connectivity index (χ2v) is 8.88. The first-order chi connectivity index (χ1) is 9.94. The molecule has 2 N–H and O–H groups in total. The largest absolute Gasteiger partial charge is 0.481 e. The summed E-state index contributed by atoms with van der Waals surface area (Å²) in [6.45, 7) is 2.68. The average molecular weight is 336 g/mol. The molecule has 0 amide bonds. The quantitative estimate of drug-likeness (QED) is 0.763. The zero-order valence-corrected chi connectivity index (χ0v) is 14.0. The van der Waals surface area contributed by atoms with Gasteiger partial charge in [0.15, 0.2) is 0 Å². The number of nitrogens with one attached hydrogen (secondary N) is 1. The van der Waals surface area contributed by atoms with Crippen LogP contribution in [0.4, 0.5) is 0 Å². The molecule has 2 rings (SSSR count). The Kier molecular flexibility index (Phi) is 5.93. The zero-order valence-electron chi connectivity index (χ0n) is 12.3. The third kappa shape index (κ3) is 4.34. The summed E-state index contributed by atoms with van der Waals surface area (Å²) in [4.78, 5) is 10.9. The maximum absolute atomic E-state index is 12.4. The summed E-state index contributed by atoms with van der Waals surface area (Å²) in [6, 6.07) is 0.0112. The first-order valence-corrected chi connectivity index (χ1v) is 10.0. The topological polar surface area (TPSA) is 86.7 Å². The maximum atomic E-state index is 12.4. The van der Waals surface area contributed by atoms with Crippen molar-refractivity contribution in [2.24, 2.45) is 5.92 Å². The molecule has 122 valence electrons. The van der Waals surface area contributed by atoms with Crippen molar-refractivity contribution in [1.82, 2.24) is 9.03 Å². The van der Waals surface area contributed by atoms with Crippen molar-refractivity contribution >= 4 is 27.9 Å². The number of thioether (sulfide) groups is 1. The number of carbonyl (C=O) groups is 1. The molecule has 0 aromatic carbocycles. The zero-order chi connectivity index (χ0) is 15.5. The van der Waals surface area contributed by atoms with Crippen molar-refractivity contribution in [2.75, 3.05) is 18.8 Å². The van der Waals surface area contributed by atoms with Gasteiger partial charge in [-0.25, -0.2) is 0 Å². The van der Waals surface area contributed by atoms with Gasteiger partial charge in [0.2, 0.25) is 0 Å². The van der Waals surface area contributed by atoms with Gasteiger partial charge in [-0.3, -0.25) is 4.79 Å². The number of rotatable bonds is 6. The van der Waals surface area contributed by atoms with Gasteiger partial charge in [-0.15, -0.1) is 0 Å². The lowest BCUT2D eigenvalue weighted by Gasteiger charge is -2.31. The standard InChI is InChI=1S/C13H24N2O4S2/c1-2-20-12-5-3-4-11(12)14-21(18,19)15-8-6-10(7-9-15)13(16)17/h10-12,14H,2-9H2,1H3,(H,16,17). The van der Waals surface area contributed by atoms with E-state index in [0.717, 1.165) is 25.0 Å². The van der Waals surface area contributed by atoms with Gasteiger partial charge in [0.25, 0.3) is 10.2 Å². The molecule has 1 saturated heterocycles. The molecular formula is C13H24N2O4S2. The number of aliphatic carboxylic acids is 1. The number of hydrogen-bond acceptors (Lipinski definition) is 4. The van der Waals surface area contributed by atoms with E-state index in [1.165, 1.54) is 4.31 Å². The van der Waals surface area contributed by atoms with E-state index in [-0.39, 0.29) is 6.04 Å². The Morgan fingerprint density at radius 2 is 1.95 bits per heavy atom. The van der Waals surface area contributed by atoms with Gasteiger partial charge >= 0.3 is 5.97 Å². The molecule has 2 atom stereocenters. The maximum Gasteiger partial charge on any atom is 0.306 e. The highest BCUT2D eigenvalue weighted by Crippen LogP contribution is 2.31. The van der Waals surface area contributed by atoms with E-state index >= 15 is 0 Å². The van der Waals surface area contributed by atoms with Crippen LogP contribution in [0.1, 0.15) is 39.0 Å². The lowest BCUT2D eigenvalue weighted by atomic mass is 9.99. The van der Waals surface area contributed by atoms with Crippen LogP contribution in [0, 0.1) is 5.92 Å². The Morgan fingerprint density at radius 1 is 1.29 bits per heavy atom. The van der Waals surface area contributed by atoms with Crippen molar-refractivity contribution in [3.63, 3.8) is 0 Å². The smallest absolute Gasteiger partial charge is 0.306 e. The molecule has 2 unspecified atom stereocenters. The molecule has 0 radical (unpaired) electrons. The van der Waals surface area contributed by atoms with Gasteiger partial charge in [-0.05, 0) is 31.4 Å². The summed E-state index contributed by atoms with van der Waals surface area (Å²) in [6.07, 6.45) is 3.81. The van der Waals surface area contributed by atoms with Crippen LogP contribution in [0.5, 0.6) is 0 Å². The van der Waals surface area contributed by atoms with Crippen LogP contribution in [-0.2, 0) is 15.0 Å². The number of carboxylic acids is 1. The summed E-state index contributed by atoms with van der Waals surface area (Å²) >= 11 is 1.82. The Bertz CT molecular complexity index is 461. The van der Waals surface area contributed by atoms with E-state index < -0.39 is 22.1 Å². The van der Waals surface area contributed by atoms with Crippen LogP contribution < -0.4 is 4.72 Å². The molecule has 1 aliphatic carbocycles. The van der Waals surface area contributed by atoms with E-state index in [4.69, 9.17) is 5.11 Å². The molecule has 0 aromatic rings. The molecule has 1 heterocycles. The second kappa shape index (κ2) is 7.30. The molecule has 1 aliphatic heterocycles. The fourth-order valence-corrected chi connectivity index (χ4v) is 5.87. The fourth-order valence-electron chi connectivity index (χ4n) is 3.08. The van der Waals surface area contributed by atoms with Crippen molar-refractivity contribution in [1.29, 1.82) is 0 Å². The molecule has 21 heavy (non-hydrogen) atoms. The van der Waals surface area contributed by atoms with Gasteiger partial charge in [0.1, 0.15) is 0 Å². The van der Waals surface area contributed by atoms with Gasteiger partial charge in [-0.1, -0.05) is 13.3 Å². The van der Waals surface area contributed by atoms with Crippen LogP contribution in [-0.4, -0.2) is 53.9 Å². The lowest BCUT2D eigenvalue weighted by Crippen LogP contribution is -2.50. The minimum absolute atomic E-state index is 0.0112. The summed E-state index contributed by atoms with van der Waals surface area (Å²) in [7, 11) is -3.49. The van der Waals surface area contributed by atoms with E-state index in [1.807, 2.05) is 11.8 Å². The highest BCUT2D eigenvalue weighted by atomic mass is 32.2. The Hall–Kier alpha value is -0.310. The highest BCUT2D eigenvalue weighted by molar-refractivity contribution is 8.00. The summed E-state index contributed by atoms with van der Waals surface area (Å²) < 4.78 is 29.1. The third-order valence-corrected chi connectivity index (χ3v) is 7.25. The number of hydrogen-bond donors (Lipinski definition) is 2. The van der Waals surface area contributed by atoms with Crippen molar-refractivity contribution in [3.8, 4) is 0 Å². The Labute approximate surface area is 130 Å². The number of nitrogens with zero attached hydrogens (tertiary/aromatic N) is 1. The first kappa shape index (κ1) is 17.1. The van der Waals surface area contributed by atoms with Crippen LogP contribution in [0.2, 0.25) is 0 Å². The lowest BCUT2D eigenvalue weighted by molar-refractivity contribution is -0.142. The van der Waals surface area contributed by atoms with E-state index in [9.17, 15) is 13.2 Å². The molecule has 1 saturated carbocycles. The predicted molar refractivity (Wildman–Crippen MR) is 83.5 cm³/mol. The molecule has 2 fully saturated rings. The van der Waals surface area contributed by atoms with Gasteiger partial charge in [-0.2, -0.15) is 29.2 Å². The molecule has 0 bridgehead atoms.